The Labute approximate surface area is 93.6 Å². The molecule has 0 aliphatic heterocycles. The zero-order valence-electron chi connectivity index (χ0n) is 10.1. The van der Waals surface area contributed by atoms with E-state index in [1.54, 1.807) is 7.11 Å². The fourth-order valence-electron chi connectivity index (χ4n) is 2.77. The second kappa shape index (κ2) is 6.12. The van der Waals surface area contributed by atoms with Gasteiger partial charge in [0.05, 0.1) is 11.5 Å². The fourth-order valence-corrected chi connectivity index (χ4v) is 2.77. The molecule has 0 spiro atoms. The van der Waals surface area contributed by atoms with Crippen molar-refractivity contribution in [2.75, 3.05) is 13.7 Å². The molecule has 0 saturated heterocycles. The molecule has 1 aliphatic carbocycles. The Morgan fingerprint density at radius 3 is 2.93 bits per heavy atom. The van der Waals surface area contributed by atoms with E-state index < -0.39 is 0 Å². The lowest BCUT2D eigenvalue weighted by Crippen LogP contribution is -2.27. The molecule has 1 saturated carbocycles. The minimum absolute atomic E-state index is 0.0303. The van der Waals surface area contributed by atoms with Crippen LogP contribution in [0.5, 0.6) is 0 Å². The summed E-state index contributed by atoms with van der Waals surface area (Å²) in [5, 5.41) is 9.36. The first-order valence-electron chi connectivity index (χ1n) is 6.16. The van der Waals surface area contributed by atoms with Crippen molar-refractivity contribution in [3.63, 3.8) is 0 Å². The standard InChI is InChI=1S/C13H23NO/c1-3-12-6-4-7-13(10-12,11-14)8-5-9-15-2/h12H,3-10H2,1-2H3. The molecular formula is C13H23NO. The highest BCUT2D eigenvalue weighted by atomic mass is 16.5. The summed E-state index contributed by atoms with van der Waals surface area (Å²) in [5.74, 6) is 0.779. The molecular weight excluding hydrogens is 186 g/mol. The van der Waals surface area contributed by atoms with E-state index in [0.29, 0.717) is 0 Å². The van der Waals surface area contributed by atoms with Crippen LogP contribution in [0, 0.1) is 22.7 Å². The van der Waals surface area contributed by atoms with Crippen LogP contribution in [-0.2, 0) is 4.74 Å². The van der Waals surface area contributed by atoms with E-state index in [4.69, 9.17) is 4.74 Å². The normalized spacial score (nSPS) is 31.1. The van der Waals surface area contributed by atoms with E-state index in [-0.39, 0.29) is 5.41 Å². The van der Waals surface area contributed by atoms with Crippen LogP contribution in [0.4, 0.5) is 0 Å². The largest absolute Gasteiger partial charge is 0.385 e. The van der Waals surface area contributed by atoms with Crippen LogP contribution < -0.4 is 0 Å². The molecule has 15 heavy (non-hydrogen) atoms. The van der Waals surface area contributed by atoms with Crippen LogP contribution in [0.2, 0.25) is 0 Å². The third-order valence-corrected chi connectivity index (χ3v) is 3.77. The van der Waals surface area contributed by atoms with E-state index in [1.807, 2.05) is 0 Å². The molecule has 1 fully saturated rings. The van der Waals surface area contributed by atoms with E-state index in [1.165, 1.54) is 19.3 Å². The quantitative estimate of drug-likeness (QED) is 0.649. The number of hydrogen-bond acceptors (Lipinski definition) is 2. The first-order chi connectivity index (χ1) is 7.26. The molecule has 2 nitrogen and oxygen atoms in total. The summed E-state index contributed by atoms with van der Waals surface area (Å²) in [6.07, 6.45) is 8.05. The molecule has 0 aromatic heterocycles. The van der Waals surface area contributed by atoms with Crippen molar-refractivity contribution in [2.45, 2.75) is 51.9 Å². The Morgan fingerprint density at radius 2 is 2.33 bits per heavy atom. The van der Waals surface area contributed by atoms with E-state index in [9.17, 15) is 5.26 Å². The molecule has 0 N–H and O–H groups in total. The van der Waals surface area contributed by atoms with Gasteiger partial charge in [0.1, 0.15) is 0 Å². The molecule has 2 heteroatoms. The summed E-state index contributed by atoms with van der Waals surface area (Å²) < 4.78 is 5.07. The lowest BCUT2D eigenvalue weighted by molar-refractivity contribution is 0.144. The van der Waals surface area contributed by atoms with Gasteiger partial charge in [-0.2, -0.15) is 5.26 Å². The number of hydrogen-bond donors (Lipinski definition) is 0. The van der Waals surface area contributed by atoms with Gasteiger partial charge in [0.2, 0.25) is 0 Å². The van der Waals surface area contributed by atoms with Gasteiger partial charge in [-0.3, -0.25) is 0 Å². The van der Waals surface area contributed by atoms with Gasteiger partial charge in [0, 0.05) is 13.7 Å². The van der Waals surface area contributed by atoms with Crippen LogP contribution in [-0.4, -0.2) is 13.7 Å². The van der Waals surface area contributed by atoms with Gasteiger partial charge in [0.15, 0.2) is 0 Å². The van der Waals surface area contributed by atoms with Gasteiger partial charge < -0.3 is 4.74 Å². The zero-order chi connectivity index (χ0) is 11.1. The summed E-state index contributed by atoms with van der Waals surface area (Å²) in [4.78, 5) is 0. The third-order valence-electron chi connectivity index (χ3n) is 3.77. The van der Waals surface area contributed by atoms with E-state index in [2.05, 4.69) is 13.0 Å². The predicted octanol–water partition coefficient (Wildman–Crippen LogP) is 3.52. The molecule has 2 unspecified atom stereocenters. The third kappa shape index (κ3) is 3.50. The molecule has 86 valence electrons. The summed E-state index contributed by atoms with van der Waals surface area (Å²) in [6, 6.07) is 2.59. The first-order valence-corrected chi connectivity index (χ1v) is 6.16. The number of nitrogens with zero attached hydrogens (tertiary/aromatic N) is 1. The van der Waals surface area contributed by atoms with Crippen LogP contribution in [0.15, 0.2) is 0 Å². The van der Waals surface area contributed by atoms with Crippen molar-refractivity contribution < 1.29 is 4.74 Å². The molecule has 0 heterocycles. The van der Waals surface area contributed by atoms with Crippen molar-refractivity contribution in [2.24, 2.45) is 11.3 Å². The fraction of sp³-hybridized carbons (Fsp3) is 0.923. The number of nitriles is 1. The Hall–Kier alpha value is -0.550. The highest BCUT2D eigenvalue weighted by Gasteiger charge is 2.35. The van der Waals surface area contributed by atoms with Crippen molar-refractivity contribution in [1.82, 2.24) is 0 Å². The molecule has 0 radical (unpaired) electrons. The van der Waals surface area contributed by atoms with Crippen LogP contribution in [0.1, 0.15) is 51.9 Å². The number of rotatable bonds is 5. The maximum absolute atomic E-state index is 9.36. The smallest absolute Gasteiger partial charge is 0.0689 e. The summed E-state index contributed by atoms with van der Waals surface area (Å²) in [5.41, 5.74) is -0.0303. The summed E-state index contributed by atoms with van der Waals surface area (Å²) in [6.45, 7) is 3.04. The average Bonchev–Trinajstić information content (AvgIpc) is 2.30. The highest BCUT2D eigenvalue weighted by Crippen LogP contribution is 2.43. The minimum atomic E-state index is -0.0303. The minimum Gasteiger partial charge on any atom is -0.385 e. The Bertz CT molecular complexity index is 221. The summed E-state index contributed by atoms with van der Waals surface area (Å²) >= 11 is 0. The van der Waals surface area contributed by atoms with Crippen molar-refractivity contribution in [3.8, 4) is 6.07 Å². The van der Waals surface area contributed by atoms with Gasteiger partial charge in [-0.05, 0) is 31.6 Å². The van der Waals surface area contributed by atoms with Gasteiger partial charge in [-0.1, -0.05) is 26.2 Å². The number of methoxy groups -OCH3 is 1. The molecule has 1 aliphatic rings. The van der Waals surface area contributed by atoms with Gasteiger partial charge in [-0.15, -0.1) is 0 Å². The lowest BCUT2D eigenvalue weighted by atomic mass is 9.67. The van der Waals surface area contributed by atoms with Crippen LogP contribution >= 0.6 is 0 Å². The van der Waals surface area contributed by atoms with E-state index in [0.717, 1.165) is 38.2 Å². The Morgan fingerprint density at radius 1 is 1.53 bits per heavy atom. The maximum atomic E-state index is 9.36. The van der Waals surface area contributed by atoms with Gasteiger partial charge in [0.25, 0.3) is 0 Å². The molecule has 0 amide bonds. The second-order valence-corrected chi connectivity index (χ2v) is 4.86. The predicted molar refractivity (Wildman–Crippen MR) is 61.4 cm³/mol. The molecule has 1 rings (SSSR count). The average molecular weight is 209 g/mol. The summed E-state index contributed by atoms with van der Waals surface area (Å²) in [7, 11) is 1.73. The first kappa shape index (κ1) is 12.5. The SMILES string of the molecule is CCC1CCCC(C#N)(CCCOC)C1. The maximum Gasteiger partial charge on any atom is 0.0689 e. The van der Waals surface area contributed by atoms with Crippen molar-refractivity contribution in [3.05, 3.63) is 0 Å². The molecule has 0 aromatic rings. The van der Waals surface area contributed by atoms with Crippen LogP contribution in [0.3, 0.4) is 0 Å². The zero-order valence-corrected chi connectivity index (χ0v) is 10.1. The Balaban J connectivity index is 2.48. The Kier molecular flexibility index (Phi) is 5.11. The molecule has 0 bridgehead atoms. The second-order valence-electron chi connectivity index (χ2n) is 4.86. The van der Waals surface area contributed by atoms with E-state index >= 15 is 0 Å². The molecule has 0 aromatic carbocycles. The van der Waals surface area contributed by atoms with Crippen molar-refractivity contribution >= 4 is 0 Å². The topological polar surface area (TPSA) is 33.0 Å². The van der Waals surface area contributed by atoms with Gasteiger partial charge >= 0.3 is 0 Å². The number of ether oxygens (including phenoxy) is 1. The van der Waals surface area contributed by atoms with Gasteiger partial charge in [-0.25, -0.2) is 0 Å². The molecule has 2 atom stereocenters. The lowest BCUT2D eigenvalue weighted by Gasteiger charge is -2.35. The monoisotopic (exact) mass is 209 g/mol. The van der Waals surface area contributed by atoms with Crippen molar-refractivity contribution in [1.29, 1.82) is 5.26 Å². The highest BCUT2D eigenvalue weighted by molar-refractivity contribution is 5.01. The van der Waals surface area contributed by atoms with Crippen LogP contribution in [0.25, 0.3) is 0 Å².